The lowest BCUT2D eigenvalue weighted by Crippen LogP contribution is -2.62. The Kier molecular flexibility index (Phi) is 6.81. The van der Waals surface area contributed by atoms with Crippen LogP contribution in [0.4, 0.5) is 28.4 Å². The van der Waals surface area contributed by atoms with Gasteiger partial charge in [0.25, 0.3) is 0 Å². The SMILES string of the molecule is C1=CC2C(B3c4c(-c5ccccc5)cccc4N(c4ccc5ccccc5c4)c4cccc(c43)N2c2ccc3ccccc3c2)C(c2ccccc2)=C1. The van der Waals surface area contributed by atoms with Gasteiger partial charge in [0, 0.05) is 28.4 Å². The first-order valence-corrected chi connectivity index (χ1v) is 18.6. The van der Waals surface area contributed by atoms with Gasteiger partial charge in [-0.1, -0.05) is 158 Å². The van der Waals surface area contributed by atoms with Gasteiger partial charge >= 0.3 is 0 Å². The molecule has 248 valence electrons. The molecule has 0 aromatic heterocycles. The molecule has 0 bridgehead atoms. The van der Waals surface area contributed by atoms with Crippen molar-refractivity contribution in [1.82, 2.24) is 0 Å². The molecular weight excluding hydrogens is 639 g/mol. The fourth-order valence-corrected chi connectivity index (χ4v) is 9.47. The number of benzene rings is 8. The van der Waals surface area contributed by atoms with Gasteiger partial charge in [0.2, 0.25) is 6.71 Å². The summed E-state index contributed by atoms with van der Waals surface area (Å²) in [6.07, 6.45) is 7.12. The van der Waals surface area contributed by atoms with Crippen LogP contribution in [0.15, 0.2) is 200 Å². The molecule has 8 aromatic rings. The Bertz CT molecular complexity index is 2770. The van der Waals surface area contributed by atoms with Crippen molar-refractivity contribution in [1.29, 1.82) is 0 Å². The number of fused-ring (bicyclic) bond motifs is 6. The first-order chi connectivity index (χ1) is 26.3. The van der Waals surface area contributed by atoms with Crippen LogP contribution < -0.4 is 20.7 Å². The molecule has 0 spiro atoms. The topological polar surface area (TPSA) is 6.48 Å². The van der Waals surface area contributed by atoms with Crippen molar-refractivity contribution in [2.24, 2.45) is 0 Å². The van der Waals surface area contributed by atoms with E-state index in [0.717, 1.165) is 0 Å². The predicted molar refractivity (Wildman–Crippen MR) is 226 cm³/mol. The summed E-state index contributed by atoms with van der Waals surface area (Å²) >= 11 is 0. The highest BCUT2D eigenvalue weighted by atomic mass is 15.2. The predicted octanol–water partition coefficient (Wildman–Crippen LogP) is 11.6. The first-order valence-electron chi connectivity index (χ1n) is 18.6. The van der Waals surface area contributed by atoms with Gasteiger partial charge in [-0.05, 0) is 103 Å². The summed E-state index contributed by atoms with van der Waals surface area (Å²) in [7, 11) is 0. The van der Waals surface area contributed by atoms with E-state index in [0.29, 0.717) is 0 Å². The van der Waals surface area contributed by atoms with Crippen LogP contribution in [0.1, 0.15) is 5.56 Å². The van der Waals surface area contributed by atoms with Gasteiger partial charge in [-0.15, -0.1) is 0 Å². The van der Waals surface area contributed by atoms with E-state index in [2.05, 4.69) is 210 Å². The lowest BCUT2D eigenvalue weighted by Gasteiger charge is -2.52. The highest BCUT2D eigenvalue weighted by Crippen LogP contribution is 2.52. The summed E-state index contributed by atoms with van der Waals surface area (Å²) in [5, 5.41) is 4.99. The lowest BCUT2D eigenvalue weighted by molar-refractivity contribution is 0.777. The van der Waals surface area contributed by atoms with Crippen molar-refractivity contribution in [2.45, 2.75) is 11.9 Å². The maximum atomic E-state index is 2.63. The van der Waals surface area contributed by atoms with Gasteiger partial charge < -0.3 is 9.80 Å². The molecule has 0 radical (unpaired) electrons. The van der Waals surface area contributed by atoms with E-state index in [4.69, 9.17) is 0 Å². The zero-order chi connectivity index (χ0) is 34.9. The molecule has 0 amide bonds. The molecule has 2 unspecified atom stereocenters. The van der Waals surface area contributed by atoms with Gasteiger partial charge in [-0.25, -0.2) is 0 Å². The average Bonchev–Trinajstić information content (AvgIpc) is 3.23. The van der Waals surface area contributed by atoms with E-state index in [-0.39, 0.29) is 18.6 Å². The van der Waals surface area contributed by atoms with Crippen molar-refractivity contribution < 1.29 is 0 Å². The summed E-state index contributed by atoms with van der Waals surface area (Å²) in [6, 6.07) is 67.4. The van der Waals surface area contributed by atoms with Crippen molar-refractivity contribution in [2.75, 3.05) is 9.80 Å². The van der Waals surface area contributed by atoms with Crippen LogP contribution in [0, 0.1) is 0 Å². The van der Waals surface area contributed by atoms with Gasteiger partial charge in [-0.3, -0.25) is 0 Å². The van der Waals surface area contributed by atoms with Crippen molar-refractivity contribution in [3.8, 4) is 11.1 Å². The average molecular weight is 675 g/mol. The molecule has 2 atom stereocenters. The van der Waals surface area contributed by atoms with E-state index in [1.54, 1.807) is 0 Å². The lowest BCUT2D eigenvalue weighted by atomic mass is 9.27. The Hall–Kier alpha value is -6.58. The molecule has 2 aliphatic heterocycles. The second-order valence-corrected chi connectivity index (χ2v) is 14.4. The molecule has 0 saturated carbocycles. The van der Waals surface area contributed by atoms with E-state index < -0.39 is 0 Å². The number of hydrogen-bond acceptors (Lipinski definition) is 2. The molecule has 53 heavy (non-hydrogen) atoms. The van der Waals surface area contributed by atoms with Crippen LogP contribution in [0.3, 0.4) is 0 Å². The zero-order valence-corrected chi connectivity index (χ0v) is 29.2. The minimum atomic E-state index is 0.0908. The Morgan fingerprint density at radius 1 is 0.434 bits per heavy atom. The minimum Gasteiger partial charge on any atom is -0.335 e. The second-order valence-electron chi connectivity index (χ2n) is 14.4. The molecule has 11 rings (SSSR count). The van der Waals surface area contributed by atoms with Gasteiger partial charge in [0.1, 0.15) is 0 Å². The van der Waals surface area contributed by atoms with Gasteiger partial charge in [-0.2, -0.15) is 0 Å². The molecule has 0 fully saturated rings. The van der Waals surface area contributed by atoms with Gasteiger partial charge in [0.05, 0.1) is 6.04 Å². The van der Waals surface area contributed by atoms with Gasteiger partial charge in [0.15, 0.2) is 0 Å². The fraction of sp³-hybridized carbons (Fsp3) is 0.0400. The Morgan fingerprint density at radius 2 is 1.00 bits per heavy atom. The zero-order valence-electron chi connectivity index (χ0n) is 29.2. The second kappa shape index (κ2) is 12.0. The standard InChI is InChI=1S/C50H35BN2/c1-3-16-36(17-4-1)42-22-11-24-44-48(42)51-49-43(37-18-5-2-6-19-37)23-12-25-45(49)53(41-31-29-35-15-8-10-21-39(35)33-41)47-27-13-26-46(50(47)51)52(44)40-30-28-34-14-7-9-20-38(34)32-40/h1-33,44,48H. The number of allylic oxidation sites excluding steroid dienone is 2. The molecule has 3 aliphatic rings. The number of nitrogens with zero attached hydrogens (tertiary/aromatic N) is 2. The van der Waals surface area contributed by atoms with E-state index in [9.17, 15) is 0 Å². The summed E-state index contributed by atoms with van der Waals surface area (Å²) in [4.78, 5) is 5.17. The largest absolute Gasteiger partial charge is 0.335 e. The summed E-state index contributed by atoms with van der Waals surface area (Å²) in [6.45, 7) is 0.0995. The van der Waals surface area contributed by atoms with Crippen LogP contribution in [-0.2, 0) is 0 Å². The highest BCUT2D eigenvalue weighted by Gasteiger charge is 2.51. The third-order valence-corrected chi connectivity index (χ3v) is 11.7. The van der Waals surface area contributed by atoms with Crippen LogP contribution in [0.5, 0.6) is 0 Å². The molecule has 1 aliphatic carbocycles. The van der Waals surface area contributed by atoms with Crippen molar-refractivity contribution in [3.63, 3.8) is 0 Å². The third-order valence-electron chi connectivity index (χ3n) is 11.7. The molecule has 2 heterocycles. The van der Waals surface area contributed by atoms with E-state index in [1.807, 2.05) is 0 Å². The maximum Gasteiger partial charge on any atom is 0.228 e. The Morgan fingerprint density at radius 3 is 1.72 bits per heavy atom. The summed E-state index contributed by atoms with van der Waals surface area (Å²) in [5.41, 5.74) is 14.1. The van der Waals surface area contributed by atoms with Crippen LogP contribution in [-0.4, -0.2) is 12.8 Å². The van der Waals surface area contributed by atoms with Crippen LogP contribution in [0.25, 0.3) is 38.2 Å². The molecule has 3 heteroatoms. The first kappa shape index (κ1) is 30.1. The number of anilines is 5. The Balaban J connectivity index is 1.24. The molecule has 8 aromatic carbocycles. The monoisotopic (exact) mass is 674 g/mol. The molecule has 2 nitrogen and oxygen atoms in total. The number of hydrogen-bond donors (Lipinski definition) is 0. The third kappa shape index (κ3) is 4.67. The summed E-state index contributed by atoms with van der Waals surface area (Å²) < 4.78 is 0. The van der Waals surface area contributed by atoms with Crippen LogP contribution >= 0.6 is 0 Å². The van der Waals surface area contributed by atoms with Crippen LogP contribution in [0.2, 0.25) is 5.82 Å². The highest BCUT2D eigenvalue weighted by molar-refractivity contribution is 6.93. The quantitative estimate of drug-likeness (QED) is 0.172. The maximum absolute atomic E-state index is 2.63. The Labute approximate surface area is 310 Å². The minimum absolute atomic E-state index is 0.0908. The molecule has 0 saturated heterocycles. The fourth-order valence-electron chi connectivity index (χ4n) is 9.47. The smallest absolute Gasteiger partial charge is 0.228 e. The summed E-state index contributed by atoms with van der Waals surface area (Å²) in [5.74, 6) is 0.143. The van der Waals surface area contributed by atoms with Crippen molar-refractivity contribution >= 4 is 73.2 Å². The normalized spacial score (nSPS) is 17.0. The van der Waals surface area contributed by atoms with E-state index >= 15 is 0 Å². The number of rotatable bonds is 4. The molecule has 0 N–H and O–H groups in total. The van der Waals surface area contributed by atoms with E-state index in [1.165, 1.54) is 83.2 Å². The van der Waals surface area contributed by atoms with Crippen molar-refractivity contribution in [3.05, 3.63) is 206 Å². The molecular formula is C50H35BN2.